The lowest BCUT2D eigenvalue weighted by Gasteiger charge is -2.28. The zero-order valence-electron chi connectivity index (χ0n) is 20.0. The van der Waals surface area contributed by atoms with Gasteiger partial charge in [0.25, 0.3) is 0 Å². The Bertz CT molecular complexity index is 1720. The molecule has 4 aromatic carbocycles. The van der Waals surface area contributed by atoms with Crippen LogP contribution in [0.4, 0.5) is 13.2 Å². The van der Waals surface area contributed by atoms with E-state index < -0.39 is 16.6 Å². The fourth-order valence-electron chi connectivity index (χ4n) is 4.92. The number of hydrogen-bond acceptors (Lipinski definition) is 1. The van der Waals surface area contributed by atoms with Crippen LogP contribution in [0.2, 0.25) is 0 Å². The number of fused-ring (bicyclic) bond motifs is 2. The monoisotopic (exact) mass is 530 g/mol. The van der Waals surface area contributed by atoms with Crippen LogP contribution >= 0.6 is 11.6 Å². The standard InChI is InChI=1S/C31H22ClF3N2O/c32-30(21-10-12-22(13-11-21)31(33,34)35,26-17-36-28-9-5-4-8-24(26)28)27-18-37-29-15-14-23(16-25(27)29)38-19-20-6-2-1-3-7-20/h1-18,36-37H,19H2. The molecule has 6 rings (SSSR count). The molecule has 1 unspecified atom stereocenters. The first-order chi connectivity index (χ1) is 18.3. The molecule has 0 saturated carbocycles. The van der Waals surface area contributed by atoms with Gasteiger partial charge in [-0.05, 0) is 47.5 Å². The summed E-state index contributed by atoms with van der Waals surface area (Å²) < 4.78 is 46.2. The first-order valence-corrected chi connectivity index (χ1v) is 12.4. The third kappa shape index (κ3) is 4.21. The Kier molecular flexibility index (Phi) is 5.92. The molecule has 6 aromatic rings. The van der Waals surface area contributed by atoms with Gasteiger partial charge in [-0.3, -0.25) is 0 Å². The van der Waals surface area contributed by atoms with Crippen LogP contribution in [0.3, 0.4) is 0 Å². The lowest BCUT2D eigenvalue weighted by molar-refractivity contribution is -0.137. The second-order valence-electron chi connectivity index (χ2n) is 9.17. The zero-order chi connectivity index (χ0) is 26.3. The maximum atomic E-state index is 13.4. The minimum absolute atomic E-state index is 0.402. The van der Waals surface area contributed by atoms with E-state index in [9.17, 15) is 13.2 Å². The third-order valence-corrected chi connectivity index (χ3v) is 7.47. The van der Waals surface area contributed by atoms with Crippen LogP contribution in [0.25, 0.3) is 21.8 Å². The summed E-state index contributed by atoms with van der Waals surface area (Å²) in [6.45, 7) is 0.402. The highest BCUT2D eigenvalue weighted by atomic mass is 35.5. The van der Waals surface area contributed by atoms with E-state index in [0.717, 1.165) is 45.1 Å². The van der Waals surface area contributed by atoms with E-state index in [1.54, 1.807) is 0 Å². The molecule has 7 heteroatoms. The summed E-state index contributed by atoms with van der Waals surface area (Å²) in [7, 11) is 0. The lowest BCUT2D eigenvalue weighted by Crippen LogP contribution is -2.22. The average molecular weight is 531 g/mol. The van der Waals surface area contributed by atoms with Crippen molar-refractivity contribution in [3.63, 3.8) is 0 Å². The van der Waals surface area contributed by atoms with E-state index in [-0.39, 0.29) is 0 Å². The van der Waals surface area contributed by atoms with Crippen molar-refractivity contribution in [1.29, 1.82) is 0 Å². The number of hydrogen-bond donors (Lipinski definition) is 2. The first kappa shape index (κ1) is 24.2. The molecule has 3 nitrogen and oxygen atoms in total. The van der Waals surface area contributed by atoms with Crippen LogP contribution in [-0.2, 0) is 17.7 Å². The van der Waals surface area contributed by atoms with E-state index >= 15 is 0 Å². The number of aromatic amines is 2. The number of halogens is 4. The number of nitrogens with one attached hydrogen (secondary N) is 2. The van der Waals surface area contributed by atoms with Gasteiger partial charge >= 0.3 is 6.18 Å². The number of H-pyrrole nitrogens is 2. The van der Waals surface area contributed by atoms with Gasteiger partial charge in [-0.15, -0.1) is 11.6 Å². The van der Waals surface area contributed by atoms with Crippen molar-refractivity contribution in [3.8, 4) is 5.75 Å². The van der Waals surface area contributed by atoms with Gasteiger partial charge in [-0.25, -0.2) is 0 Å². The average Bonchev–Trinajstić information content (AvgIpc) is 3.57. The predicted molar refractivity (Wildman–Crippen MR) is 145 cm³/mol. The first-order valence-electron chi connectivity index (χ1n) is 12.1. The van der Waals surface area contributed by atoms with Crippen LogP contribution < -0.4 is 4.74 Å². The number of aromatic nitrogens is 2. The molecule has 38 heavy (non-hydrogen) atoms. The van der Waals surface area contributed by atoms with Gasteiger partial charge in [0.15, 0.2) is 0 Å². The SMILES string of the molecule is FC(F)(F)c1ccc(C(Cl)(c2c[nH]c3ccccc23)c2c[nH]c3ccc(OCc4ccccc4)cc23)cc1. The highest BCUT2D eigenvalue weighted by Crippen LogP contribution is 2.49. The molecule has 0 aliphatic rings. The second kappa shape index (κ2) is 9.30. The summed E-state index contributed by atoms with van der Waals surface area (Å²) in [5.41, 5.74) is 4.00. The molecule has 0 aliphatic heterocycles. The molecule has 2 aromatic heterocycles. The number of para-hydroxylation sites is 1. The minimum Gasteiger partial charge on any atom is -0.489 e. The number of ether oxygens (including phenoxy) is 1. The van der Waals surface area contributed by atoms with Crippen LogP contribution in [-0.4, -0.2) is 9.97 Å². The van der Waals surface area contributed by atoms with Crippen LogP contribution in [0.1, 0.15) is 27.8 Å². The van der Waals surface area contributed by atoms with E-state index in [4.69, 9.17) is 16.3 Å². The van der Waals surface area contributed by atoms with E-state index in [2.05, 4.69) is 9.97 Å². The molecule has 0 saturated heterocycles. The van der Waals surface area contributed by atoms with Crippen molar-refractivity contribution in [1.82, 2.24) is 9.97 Å². The summed E-state index contributed by atoms with van der Waals surface area (Å²) in [5.74, 6) is 0.660. The van der Waals surface area contributed by atoms with Gasteiger partial charge in [-0.2, -0.15) is 13.2 Å². The summed E-state index contributed by atoms with van der Waals surface area (Å²) in [6, 6.07) is 28.3. The summed E-state index contributed by atoms with van der Waals surface area (Å²) in [4.78, 5) is 5.25. The molecule has 0 aliphatic carbocycles. The maximum Gasteiger partial charge on any atom is 0.416 e. The lowest BCUT2D eigenvalue weighted by atomic mass is 9.83. The molecule has 0 radical (unpaired) electrons. The normalized spacial score (nSPS) is 13.6. The van der Waals surface area contributed by atoms with Gasteiger partial charge in [0.2, 0.25) is 0 Å². The van der Waals surface area contributed by atoms with Crippen LogP contribution in [0.5, 0.6) is 5.75 Å². The Morgan fingerprint density at radius 2 is 1.26 bits per heavy atom. The van der Waals surface area contributed by atoms with Gasteiger partial charge in [0.1, 0.15) is 17.2 Å². The van der Waals surface area contributed by atoms with E-state index in [1.807, 2.05) is 85.2 Å². The van der Waals surface area contributed by atoms with Gasteiger partial charge in [0, 0.05) is 45.3 Å². The van der Waals surface area contributed by atoms with Gasteiger partial charge in [0.05, 0.1) is 5.56 Å². The summed E-state index contributed by atoms with van der Waals surface area (Å²) >= 11 is 7.59. The highest BCUT2D eigenvalue weighted by Gasteiger charge is 2.39. The fourth-order valence-corrected chi connectivity index (χ4v) is 5.36. The largest absolute Gasteiger partial charge is 0.489 e. The van der Waals surface area contributed by atoms with Crippen LogP contribution in [0, 0.1) is 0 Å². The van der Waals surface area contributed by atoms with Crippen molar-refractivity contribution in [2.24, 2.45) is 0 Å². The second-order valence-corrected chi connectivity index (χ2v) is 9.73. The van der Waals surface area contributed by atoms with Crippen molar-refractivity contribution >= 4 is 33.4 Å². The van der Waals surface area contributed by atoms with Crippen molar-refractivity contribution in [2.45, 2.75) is 17.7 Å². The topological polar surface area (TPSA) is 40.8 Å². The van der Waals surface area contributed by atoms with Crippen molar-refractivity contribution < 1.29 is 17.9 Å². The molecule has 0 amide bonds. The Morgan fingerprint density at radius 1 is 0.658 bits per heavy atom. The molecular weight excluding hydrogens is 509 g/mol. The molecular formula is C31H22ClF3N2O. The molecule has 2 heterocycles. The third-order valence-electron chi connectivity index (χ3n) is 6.84. The quantitative estimate of drug-likeness (QED) is 0.208. The fraction of sp³-hybridized carbons (Fsp3) is 0.0968. The van der Waals surface area contributed by atoms with Crippen LogP contribution in [0.15, 0.2) is 109 Å². The predicted octanol–water partition coefficient (Wildman–Crippen LogP) is 8.78. The van der Waals surface area contributed by atoms with Crippen molar-refractivity contribution in [2.75, 3.05) is 0 Å². The van der Waals surface area contributed by atoms with Gasteiger partial charge < -0.3 is 14.7 Å². The van der Waals surface area contributed by atoms with E-state index in [1.165, 1.54) is 12.1 Å². The van der Waals surface area contributed by atoms with Crippen molar-refractivity contribution in [3.05, 3.63) is 137 Å². The maximum absolute atomic E-state index is 13.4. The Morgan fingerprint density at radius 3 is 1.97 bits per heavy atom. The Balaban J connectivity index is 1.50. The summed E-state index contributed by atoms with van der Waals surface area (Å²) in [5, 5.41) is 1.70. The van der Waals surface area contributed by atoms with E-state index in [0.29, 0.717) is 23.5 Å². The molecule has 0 spiro atoms. The Labute approximate surface area is 221 Å². The number of alkyl halides is 4. The summed E-state index contributed by atoms with van der Waals surface area (Å²) in [6.07, 6.45) is -0.804. The molecule has 0 fully saturated rings. The van der Waals surface area contributed by atoms with Gasteiger partial charge in [-0.1, -0.05) is 60.7 Å². The molecule has 190 valence electrons. The Hall–Kier alpha value is -4.16. The molecule has 1 atom stereocenters. The molecule has 2 N–H and O–H groups in total. The number of benzene rings is 4. The molecule has 0 bridgehead atoms. The minimum atomic E-state index is -4.44. The highest BCUT2D eigenvalue weighted by molar-refractivity contribution is 6.30. The smallest absolute Gasteiger partial charge is 0.416 e. The zero-order valence-corrected chi connectivity index (χ0v) is 20.8. The number of rotatable bonds is 6.